The predicted octanol–water partition coefficient (Wildman–Crippen LogP) is 4.19. The SMILES string of the molecule is O=C(Nc1ccc(C(F)(F)F)cc1)N1CCCC[C@H]1c1cn[nH]c1. The highest BCUT2D eigenvalue weighted by atomic mass is 19.4. The predicted molar refractivity (Wildman–Crippen MR) is 82.3 cm³/mol. The van der Waals surface area contributed by atoms with Crippen LogP contribution in [-0.2, 0) is 6.18 Å². The van der Waals surface area contributed by atoms with Crippen molar-refractivity contribution in [2.24, 2.45) is 0 Å². The summed E-state index contributed by atoms with van der Waals surface area (Å²) in [6.07, 6.45) is 1.80. The monoisotopic (exact) mass is 338 g/mol. The van der Waals surface area contributed by atoms with E-state index in [0.717, 1.165) is 37.0 Å². The largest absolute Gasteiger partial charge is 0.416 e. The van der Waals surface area contributed by atoms with E-state index < -0.39 is 11.7 Å². The number of piperidine rings is 1. The van der Waals surface area contributed by atoms with Gasteiger partial charge in [-0.1, -0.05) is 0 Å². The zero-order valence-electron chi connectivity index (χ0n) is 12.8. The molecule has 0 unspecified atom stereocenters. The molecule has 1 fully saturated rings. The average molecular weight is 338 g/mol. The number of nitrogens with one attached hydrogen (secondary N) is 2. The van der Waals surface area contributed by atoms with Crippen LogP contribution in [0.15, 0.2) is 36.7 Å². The molecule has 2 aromatic rings. The Morgan fingerprint density at radius 3 is 2.62 bits per heavy atom. The van der Waals surface area contributed by atoms with Gasteiger partial charge >= 0.3 is 12.2 Å². The zero-order chi connectivity index (χ0) is 17.2. The molecule has 3 rings (SSSR count). The van der Waals surface area contributed by atoms with Crippen LogP contribution in [0.2, 0.25) is 0 Å². The molecule has 2 amide bonds. The second-order valence-electron chi connectivity index (χ2n) is 5.74. The molecule has 0 aliphatic carbocycles. The smallest absolute Gasteiger partial charge is 0.317 e. The van der Waals surface area contributed by atoms with E-state index >= 15 is 0 Å². The summed E-state index contributed by atoms with van der Waals surface area (Å²) in [6, 6.07) is 4.04. The first-order chi connectivity index (χ1) is 11.4. The van der Waals surface area contributed by atoms with Gasteiger partial charge < -0.3 is 10.2 Å². The van der Waals surface area contributed by atoms with E-state index in [2.05, 4.69) is 15.5 Å². The number of rotatable bonds is 2. The van der Waals surface area contributed by atoms with E-state index in [0.29, 0.717) is 12.2 Å². The number of alkyl halides is 3. The van der Waals surface area contributed by atoms with Crippen LogP contribution in [0.5, 0.6) is 0 Å². The van der Waals surface area contributed by atoms with Gasteiger partial charge in [0.2, 0.25) is 0 Å². The van der Waals surface area contributed by atoms with Crippen LogP contribution in [0.4, 0.5) is 23.7 Å². The van der Waals surface area contributed by atoms with Gasteiger partial charge in [0, 0.05) is 24.0 Å². The van der Waals surface area contributed by atoms with Crippen LogP contribution in [0.25, 0.3) is 0 Å². The van der Waals surface area contributed by atoms with Crippen molar-refractivity contribution in [3.8, 4) is 0 Å². The fraction of sp³-hybridized carbons (Fsp3) is 0.375. The maximum absolute atomic E-state index is 12.6. The molecule has 1 aromatic carbocycles. The van der Waals surface area contributed by atoms with E-state index in [1.54, 1.807) is 17.3 Å². The molecule has 2 heterocycles. The molecule has 1 saturated heterocycles. The number of H-pyrrole nitrogens is 1. The zero-order valence-corrected chi connectivity index (χ0v) is 12.8. The fourth-order valence-corrected chi connectivity index (χ4v) is 2.90. The molecule has 1 aliphatic rings. The Labute approximate surface area is 136 Å². The molecule has 0 bridgehead atoms. The summed E-state index contributed by atoms with van der Waals surface area (Å²) in [5.74, 6) is 0. The molecule has 8 heteroatoms. The van der Waals surface area contributed by atoms with Gasteiger partial charge in [0.1, 0.15) is 0 Å². The van der Waals surface area contributed by atoms with Gasteiger partial charge in [0.05, 0.1) is 17.8 Å². The standard InChI is InChI=1S/C16H17F3N4O/c17-16(18,19)12-4-6-13(7-5-12)22-15(24)23-8-2-1-3-14(23)11-9-20-21-10-11/h4-7,9-10,14H,1-3,8H2,(H,20,21)(H,22,24)/t14-/m0/s1. The van der Waals surface area contributed by atoms with Crippen LogP contribution in [-0.4, -0.2) is 27.7 Å². The highest BCUT2D eigenvalue weighted by Crippen LogP contribution is 2.32. The lowest BCUT2D eigenvalue weighted by atomic mass is 9.98. The molecule has 1 aliphatic heterocycles. The molecule has 2 N–H and O–H groups in total. The first-order valence-corrected chi connectivity index (χ1v) is 7.69. The number of carbonyl (C=O) groups is 1. The number of benzene rings is 1. The van der Waals surface area contributed by atoms with Gasteiger partial charge in [-0.05, 0) is 43.5 Å². The van der Waals surface area contributed by atoms with E-state index in [1.165, 1.54) is 12.1 Å². The number of aromatic nitrogens is 2. The number of hydrogen-bond donors (Lipinski definition) is 2. The quantitative estimate of drug-likeness (QED) is 0.862. The highest BCUT2D eigenvalue weighted by molar-refractivity contribution is 5.89. The van der Waals surface area contributed by atoms with Crippen molar-refractivity contribution in [3.63, 3.8) is 0 Å². The van der Waals surface area contributed by atoms with E-state index in [9.17, 15) is 18.0 Å². The summed E-state index contributed by atoms with van der Waals surface area (Å²) >= 11 is 0. The molecular formula is C16H17F3N4O. The molecule has 128 valence electrons. The number of aromatic amines is 1. The normalized spacial score (nSPS) is 18.5. The summed E-state index contributed by atoms with van der Waals surface area (Å²) < 4.78 is 37.7. The average Bonchev–Trinajstić information content (AvgIpc) is 3.09. The van der Waals surface area contributed by atoms with Gasteiger partial charge in [-0.3, -0.25) is 5.10 Å². The lowest BCUT2D eigenvalue weighted by Gasteiger charge is -2.35. The molecule has 1 atom stereocenters. The third-order valence-electron chi connectivity index (χ3n) is 4.13. The number of likely N-dealkylation sites (tertiary alicyclic amines) is 1. The fourth-order valence-electron chi connectivity index (χ4n) is 2.90. The van der Waals surface area contributed by atoms with Crippen molar-refractivity contribution in [1.82, 2.24) is 15.1 Å². The van der Waals surface area contributed by atoms with E-state index in [4.69, 9.17) is 0 Å². The van der Waals surface area contributed by atoms with Crippen LogP contribution in [0.1, 0.15) is 36.4 Å². The lowest BCUT2D eigenvalue weighted by molar-refractivity contribution is -0.137. The maximum Gasteiger partial charge on any atom is 0.416 e. The summed E-state index contributed by atoms with van der Waals surface area (Å²) in [5.41, 5.74) is 0.525. The van der Waals surface area contributed by atoms with E-state index in [-0.39, 0.29) is 12.1 Å². The topological polar surface area (TPSA) is 61.0 Å². The van der Waals surface area contributed by atoms with Crippen molar-refractivity contribution < 1.29 is 18.0 Å². The number of halogens is 3. The number of anilines is 1. The van der Waals surface area contributed by atoms with Gasteiger partial charge in [0.15, 0.2) is 0 Å². The van der Waals surface area contributed by atoms with Crippen LogP contribution in [0.3, 0.4) is 0 Å². The Morgan fingerprint density at radius 2 is 2.00 bits per heavy atom. The van der Waals surface area contributed by atoms with Crippen molar-refractivity contribution in [2.45, 2.75) is 31.5 Å². The number of carbonyl (C=O) groups excluding carboxylic acids is 1. The Hall–Kier alpha value is -2.51. The van der Waals surface area contributed by atoms with Crippen molar-refractivity contribution >= 4 is 11.7 Å². The first kappa shape index (κ1) is 16.4. The second-order valence-corrected chi connectivity index (χ2v) is 5.74. The minimum Gasteiger partial charge on any atom is -0.317 e. The lowest BCUT2D eigenvalue weighted by Crippen LogP contribution is -2.41. The number of hydrogen-bond acceptors (Lipinski definition) is 2. The summed E-state index contributed by atoms with van der Waals surface area (Å²) in [5, 5.41) is 9.33. The van der Waals surface area contributed by atoms with Crippen LogP contribution >= 0.6 is 0 Å². The van der Waals surface area contributed by atoms with Gasteiger partial charge in [-0.25, -0.2) is 4.79 Å². The van der Waals surface area contributed by atoms with E-state index in [1.807, 2.05) is 0 Å². The van der Waals surface area contributed by atoms with Gasteiger partial charge in [0.25, 0.3) is 0 Å². The maximum atomic E-state index is 12.6. The van der Waals surface area contributed by atoms with Crippen LogP contribution in [0, 0.1) is 0 Å². The molecule has 0 radical (unpaired) electrons. The van der Waals surface area contributed by atoms with Gasteiger partial charge in [-0.15, -0.1) is 0 Å². The van der Waals surface area contributed by atoms with Crippen molar-refractivity contribution in [1.29, 1.82) is 0 Å². The minimum atomic E-state index is -4.39. The number of urea groups is 1. The van der Waals surface area contributed by atoms with Crippen molar-refractivity contribution in [2.75, 3.05) is 11.9 Å². The molecule has 0 saturated carbocycles. The van der Waals surface area contributed by atoms with Crippen molar-refractivity contribution in [3.05, 3.63) is 47.8 Å². The number of amides is 2. The summed E-state index contributed by atoms with van der Waals surface area (Å²) in [7, 11) is 0. The molecule has 0 spiro atoms. The minimum absolute atomic E-state index is 0.0769. The molecule has 24 heavy (non-hydrogen) atoms. The van der Waals surface area contributed by atoms with Gasteiger partial charge in [-0.2, -0.15) is 18.3 Å². The summed E-state index contributed by atoms with van der Waals surface area (Å²) in [6.45, 7) is 0.600. The van der Waals surface area contributed by atoms with Crippen LogP contribution < -0.4 is 5.32 Å². The summed E-state index contributed by atoms with van der Waals surface area (Å²) in [4.78, 5) is 14.2. The Kier molecular flexibility index (Phi) is 4.46. The Morgan fingerprint density at radius 1 is 1.25 bits per heavy atom. The number of nitrogens with zero attached hydrogens (tertiary/aromatic N) is 2. The third kappa shape index (κ3) is 3.52. The Balaban J connectivity index is 1.71. The highest BCUT2D eigenvalue weighted by Gasteiger charge is 2.31. The Bertz CT molecular complexity index is 682. The third-order valence-corrected chi connectivity index (χ3v) is 4.13. The molecule has 5 nitrogen and oxygen atoms in total. The second kappa shape index (κ2) is 6.54. The molecular weight excluding hydrogens is 321 g/mol. The first-order valence-electron chi connectivity index (χ1n) is 7.69. The molecule has 1 aromatic heterocycles.